The van der Waals surface area contributed by atoms with Gasteiger partial charge in [0.05, 0.1) is 35.6 Å². The van der Waals surface area contributed by atoms with Gasteiger partial charge in [0.2, 0.25) is 0 Å². The predicted octanol–water partition coefficient (Wildman–Crippen LogP) is 3.25. The monoisotopic (exact) mass is 466 g/mol. The van der Waals surface area contributed by atoms with Gasteiger partial charge in [-0.25, -0.2) is 14.2 Å². The Hall–Kier alpha value is -3.52. The summed E-state index contributed by atoms with van der Waals surface area (Å²) in [5.41, 5.74) is 2.85. The van der Waals surface area contributed by atoms with Crippen LogP contribution in [-0.4, -0.2) is 24.3 Å². The number of benzene rings is 2. The summed E-state index contributed by atoms with van der Waals surface area (Å²) >= 11 is 1.22. The molecule has 1 aromatic heterocycles. The van der Waals surface area contributed by atoms with E-state index in [2.05, 4.69) is 4.99 Å². The van der Waals surface area contributed by atoms with E-state index in [9.17, 15) is 14.0 Å². The average molecular weight is 467 g/mol. The first-order valence-corrected chi connectivity index (χ1v) is 11.3. The van der Waals surface area contributed by atoms with E-state index in [0.717, 1.165) is 5.56 Å². The lowest BCUT2D eigenvalue weighted by Crippen LogP contribution is -2.40. The van der Waals surface area contributed by atoms with Crippen molar-refractivity contribution in [3.05, 3.63) is 95.9 Å². The second kappa shape index (κ2) is 9.15. The summed E-state index contributed by atoms with van der Waals surface area (Å²) in [6, 6.07) is 10.8. The SMILES string of the molecule is CCOC(=O)C1=C(C)N=c2s/c(=C/c3ccc(F)cc3)c(=O)n2C1c1ccc(C)c(OC)c1. The summed E-state index contributed by atoms with van der Waals surface area (Å²) in [6.45, 7) is 5.59. The molecule has 0 saturated heterocycles. The maximum Gasteiger partial charge on any atom is 0.338 e. The maximum absolute atomic E-state index is 13.5. The van der Waals surface area contributed by atoms with Crippen LogP contribution in [0.5, 0.6) is 5.75 Å². The van der Waals surface area contributed by atoms with Gasteiger partial charge < -0.3 is 9.47 Å². The molecule has 1 unspecified atom stereocenters. The number of carbonyl (C=O) groups excluding carboxylic acids is 1. The molecule has 2 aromatic carbocycles. The Morgan fingerprint density at radius 1 is 1.21 bits per heavy atom. The number of aryl methyl sites for hydroxylation is 1. The minimum absolute atomic E-state index is 0.203. The number of fused-ring (bicyclic) bond motifs is 1. The van der Waals surface area contributed by atoms with Gasteiger partial charge in [-0.15, -0.1) is 0 Å². The van der Waals surface area contributed by atoms with Gasteiger partial charge in [0.15, 0.2) is 4.80 Å². The molecule has 0 saturated carbocycles. The summed E-state index contributed by atoms with van der Waals surface area (Å²) in [4.78, 5) is 31.5. The van der Waals surface area contributed by atoms with Crippen molar-refractivity contribution in [2.75, 3.05) is 13.7 Å². The number of methoxy groups -OCH3 is 1. The van der Waals surface area contributed by atoms with Crippen LogP contribution in [0.25, 0.3) is 6.08 Å². The summed E-state index contributed by atoms with van der Waals surface area (Å²) in [5, 5.41) is 0. The lowest BCUT2D eigenvalue weighted by Gasteiger charge is -2.25. The zero-order chi connectivity index (χ0) is 23.7. The van der Waals surface area contributed by atoms with Gasteiger partial charge in [-0.2, -0.15) is 0 Å². The van der Waals surface area contributed by atoms with E-state index >= 15 is 0 Å². The molecule has 2 heterocycles. The number of allylic oxidation sites excluding steroid dienone is 1. The molecule has 8 heteroatoms. The van der Waals surface area contributed by atoms with Crippen LogP contribution in [0.1, 0.15) is 36.6 Å². The summed E-state index contributed by atoms with van der Waals surface area (Å²) < 4.78 is 26.0. The minimum Gasteiger partial charge on any atom is -0.496 e. The highest BCUT2D eigenvalue weighted by Gasteiger charge is 2.33. The Labute approximate surface area is 193 Å². The number of carbonyl (C=O) groups is 1. The first-order chi connectivity index (χ1) is 15.8. The number of esters is 1. The van der Waals surface area contributed by atoms with Crippen molar-refractivity contribution < 1.29 is 18.7 Å². The number of hydrogen-bond donors (Lipinski definition) is 0. The zero-order valence-electron chi connectivity index (χ0n) is 18.7. The number of thiazole rings is 1. The van der Waals surface area contributed by atoms with E-state index in [0.29, 0.717) is 37.5 Å². The molecule has 33 heavy (non-hydrogen) atoms. The summed E-state index contributed by atoms with van der Waals surface area (Å²) in [5.74, 6) is -0.216. The third-order valence-electron chi connectivity index (χ3n) is 5.43. The summed E-state index contributed by atoms with van der Waals surface area (Å²) in [6.07, 6.45) is 1.69. The number of halogens is 1. The normalized spacial score (nSPS) is 15.8. The maximum atomic E-state index is 13.5. The fraction of sp³-hybridized carbons (Fsp3) is 0.240. The third kappa shape index (κ3) is 4.26. The molecule has 0 fully saturated rings. The fourth-order valence-electron chi connectivity index (χ4n) is 3.82. The topological polar surface area (TPSA) is 69.9 Å². The van der Waals surface area contributed by atoms with E-state index in [-0.39, 0.29) is 18.0 Å². The van der Waals surface area contributed by atoms with Crippen LogP contribution in [0, 0.1) is 12.7 Å². The van der Waals surface area contributed by atoms with Crippen LogP contribution in [0.2, 0.25) is 0 Å². The van der Waals surface area contributed by atoms with Gasteiger partial charge in [0.25, 0.3) is 5.56 Å². The highest BCUT2D eigenvalue weighted by Crippen LogP contribution is 2.33. The molecule has 1 atom stereocenters. The smallest absolute Gasteiger partial charge is 0.338 e. The molecule has 0 bridgehead atoms. The molecule has 0 radical (unpaired) electrons. The second-order valence-electron chi connectivity index (χ2n) is 7.58. The largest absolute Gasteiger partial charge is 0.496 e. The average Bonchev–Trinajstić information content (AvgIpc) is 3.09. The van der Waals surface area contributed by atoms with Crippen molar-refractivity contribution in [3.63, 3.8) is 0 Å². The van der Waals surface area contributed by atoms with E-state index in [4.69, 9.17) is 9.47 Å². The van der Waals surface area contributed by atoms with Crippen molar-refractivity contribution in [2.45, 2.75) is 26.8 Å². The lowest BCUT2D eigenvalue weighted by molar-refractivity contribution is -0.139. The van der Waals surface area contributed by atoms with Crippen LogP contribution in [0.4, 0.5) is 4.39 Å². The first-order valence-electron chi connectivity index (χ1n) is 10.4. The van der Waals surface area contributed by atoms with Gasteiger partial charge in [-0.3, -0.25) is 9.36 Å². The Morgan fingerprint density at radius 3 is 2.61 bits per heavy atom. The number of rotatable bonds is 5. The lowest BCUT2D eigenvalue weighted by atomic mass is 9.95. The molecule has 6 nitrogen and oxygen atoms in total. The van der Waals surface area contributed by atoms with Crippen LogP contribution >= 0.6 is 11.3 Å². The van der Waals surface area contributed by atoms with Crippen LogP contribution < -0.4 is 19.6 Å². The fourth-order valence-corrected chi connectivity index (χ4v) is 4.87. The predicted molar refractivity (Wildman–Crippen MR) is 125 cm³/mol. The van der Waals surface area contributed by atoms with Gasteiger partial charge >= 0.3 is 5.97 Å². The van der Waals surface area contributed by atoms with Gasteiger partial charge in [0, 0.05) is 0 Å². The first kappa shape index (κ1) is 22.7. The second-order valence-corrected chi connectivity index (χ2v) is 8.59. The molecule has 0 N–H and O–H groups in total. The van der Waals surface area contributed by atoms with E-state index < -0.39 is 12.0 Å². The number of ether oxygens (including phenoxy) is 2. The van der Waals surface area contributed by atoms with Gasteiger partial charge in [0.1, 0.15) is 11.6 Å². The molecule has 4 rings (SSSR count). The molecule has 0 aliphatic carbocycles. The third-order valence-corrected chi connectivity index (χ3v) is 6.42. The summed E-state index contributed by atoms with van der Waals surface area (Å²) in [7, 11) is 1.58. The molecular formula is C25H23FN2O4S. The van der Waals surface area contributed by atoms with Crippen LogP contribution in [0.15, 0.2) is 63.5 Å². The minimum atomic E-state index is -0.717. The number of nitrogens with zero attached hydrogens (tertiary/aromatic N) is 2. The Morgan fingerprint density at radius 2 is 1.94 bits per heavy atom. The van der Waals surface area contributed by atoms with E-state index in [1.54, 1.807) is 39.2 Å². The van der Waals surface area contributed by atoms with Gasteiger partial charge in [-0.05, 0) is 61.7 Å². The van der Waals surface area contributed by atoms with Crippen LogP contribution in [-0.2, 0) is 9.53 Å². The molecule has 0 amide bonds. The van der Waals surface area contributed by atoms with Crippen molar-refractivity contribution >= 4 is 23.4 Å². The Balaban J connectivity index is 1.97. The standard InChI is InChI=1S/C25H23FN2O4S/c1-5-32-24(30)21-15(3)27-25-28(22(21)17-9-6-14(2)19(13-17)31-4)23(29)20(33-25)12-16-7-10-18(26)11-8-16/h6-13,22H,5H2,1-4H3/b20-12+. The van der Waals surface area contributed by atoms with Crippen LogP contribution in [0.3, 0.4) is 0 Å². The molecule has 3 aromatic rings. The highest BCUT2D eigenvalue weighted by molar-refractivity contribution is 7.07. The van der Waals surface area contributed by atoms with E-state index in [1.807, 2.05) is 25.1 Å². The van der Waals surface area contributed by atoms with E-state index in [1.165, 1.54) is 28.0 Å². The molecule has 170 valence electrons. The van der Waals surface area contributed by atoms with Crippen molar-refractivity contribution in [1.82, 2.24) is 4.57 Å². The van der Waals surface area contributed by atoms with Crippen molar-refractivity contribution in [3.8, 4) is 5.75 Å². The number of aromatic nitrogens is 1. The molecule has 1 aliphatic rings. The number of hydrogen-bond acceptors (Lipinski definition) is 6. The highest BCUT2D eigenvalue weighted by atomic mass is 32.1. The van der Waals surface area contributed by atoms with Crippen molar-refractivity contribution in [1.29, 1.82) is 0 Å². The Kier molecular flexibility index (Phi) is 6.29. The molecular weight excluding hydrogens is 443 g/mol. The molecule has 1 aliphatic heterocycles. The van der Waals surface area contributed by atoms with Crippen molar-refractivity contribution in [2.24, 2.45) is 4.99 Å². The molecule has 0 spiro atoms. The Bertz CT molecular complexity index is 1430. The quantitative estimate of drug-likeness (QED) is 0.542. The zero-order valence-corrected chi connectivity index (χ0v) is 19.5. The van der Waals surface area contributed by atoms with Gasteiger partial charge in [-0.1, -0.05) is 35.6 Å².